The number of nitrogens with zero attached hydrogens (tertiary/aromatic N) is 2. The maximum atomic E-state index is 14.2. The van der Waals surface area contributed by atoms with E-state index in [2.05, 4.69) is 5.32 Å². The van der Waals surface area contributed by atoms with E-state index in [-0.39, 0.29) is 23.8 Å². The molecule has 1 aliphatic heterocycles. The fraction of sp³-hybridized carbons (Fsp3) is 0.545. The molecule has 3 atom stereocenters. The van der Waals surface area contributed by atoms with Crippen molar-refractivity contribution in [3.05, 3.63) is 60.2 Å². The van der Waals surface area contributed by atoms with Gasteiger partial charge < -0.3 is 19.7 Å². The summed E-state index contributed by atoms with van der Waals surface area (Å²) in [6.45, 7) is 7.67. The second kappa shape index (κ2) is 13.4. The SMILES string of the molecule is C[C@@H](C(=O)N[C@H](C(=O)N1CCCC1c1cccc(Oc2ccccc2)c1)C1CCCCC1)N(C)C(=O)OC(C)(C)C. The van der Waals surface area contributed by atoms with Crippen molar-refractivity contribution in [3.8, 4) is 11.5 Å². The van der Waals surface area contributed by atoms with Crippen LogP contribution < -0.4 is 10.1 Å². The molecule has 0 bridgehead atoms. The molecule has 1 saturated carbocycles. The van der Waals surface area contributed by atoms with Crippen molar-refractivity contribution in [3.63, 3.8) is 0 Å². The standard InChI is InChI=1S/C33H45N3O5/c1-23(35(5)32(39)41-33(2,3)4)30(37)34-29(24-14-8-6-9-15-24)31(38)36-21-13-20-28(36)25-16-12-19-27(22-25)40-26-17-10-7-11-18-26/h7,10-12,16-19,22-24,28-29H,6,8-9,13-15,20-21H2,1-5H3,(H,34,37)/t23-,28?,29-/m0/s1. The molecule has 0 radical (unpaired) electrons. The summed E-state index contributed by atoms with van der Waals surface area (Å²) in [4.78, 5) is 43.5. The molecule has 4 rings (SSSR count). The predicted octanol–water partition coefficient (Wildman–Crippen LogP) is 6.46. The highest BCUT2D eigenvalue weighted by Gasteiger charge is 2.40. The van der Waals surface area contributed by atoms with E-state index < -0.39 is 23.8 Å². The van der Waals surface area contributed by atoms with Crippen LogP contribution in [0.3, 0.4) is 0 Å². The zero-order chi connectivity index (χ0) is 29.6. The first-order valence-corrected chi connectivity index (χ1v) is 14.9. The highest BCUT2D eigenvalue weighted by Crippen LogP contribution is 2.36. The molecule has 2 fully saturated rings. The first-order chi connectivity index (χ1) is 19.5. The summed E-state index contributed by atoms with van der Waals surface area (Å²) in [5.41, 5.74) is 0.354. The quantitative estimate of drug-likeness (QED) is 0.398. The van der Waals surface area contributed by atoms with Crippen LogP contribution in [0.2, 0.25) is 0 Å². The molecule has 2 aliphatic rings. The number of ether oxygens (including phenoxy) is 2. The summed E-state index contributed by atoms with van der Waals surface area (Å²) >= 11 is 0. The third-order valence-electron chi connectivity index (χ3n) is 8.08. The Bertz CT molecular complexity index is 1190. The largest absolute Gasteiger partial charge is 0.457 e. The summed E-state index contributed by atoms with van der Waals surface area (Å²) in [5.74, 6) is 1.15. The first-order valence-electron chi connectivity index (χ1n) is 14.9. The lowest BCUT2D eigenvalue weighted by Crippen LogP contribution is -2.56. The van der Waals surface area contributed by atoms with Gasteiger partial charge in [0.1, 0.15) is 29.2 Å². The number of carbonyl (C=O) groups excluding carboxylic acids is 3. The van der Waals surface area contributed by atoms with Crippen molar-refractivity contribution < 1.29 is 23.9 Å². The van der Waals surface area contributed by atoms with E-state index in [0.717, 1.165) is 62.0 Å². The summed E-state index contributed by atoms with van der Waals surface area (Å²) in [6, 6.07) is 16.1. The Kier molecular flexibility index (Phi) is 9.94. The molecule has 0 aromatic heterocycles. The molecule has 0 spiro atoms. The van der Waals surface area contributed by atoms with Crippen LogP contribution >= 0.6 is 0 Å². The predicted molar refractivity (Wildman–Crippen MR) is 159 cm³/mol. The number of likely N-dealkylation sites (tertiary alicyclic amines) is 1. The van der Waals surface area contributed by atoms with E-state index in [0.29, 0.717) is 6.54 Å². The minimum atomic E-state index is -0.787. The third-order valence-corrected chi connectivity index (χ3v) is 8.08. The number of benzene rings is 2. The van der Waals surface area contributed by atoms with E-state index >= 15 is 0 Å². The minimum absolute atomic E-state index is 0.0470. The second-order valence-corrected chi connectivity index (χ2v) is 12.3. The van der Waals surface area contributed by atoms with E-state index in [1.807, 2.05) is 59.5 Å². The summed E-state index contributed by atoms with van der Waals surface area (Å²) < 4.78 is 11.5. The van der Waals surface area contributed by atoms with Gasteiger partial charge in [0.25, 0.3) is 0 Å². The van der Waals surface area contributed by atoms with Gasteiger partial charge in [-0.3, -0.25) is 14.5 Å². The van der Waals surface area contributed by atoms with Gasteiger partial charge in [0, 0.05) is 13.6 Å². The van der Waals surface area contributed by atoms with Gasteiger partial charge in [-0.15, -0.1) is 0 Å². The van der Waals surface area contributed by atoms with Crippen LogP contribution in [-0.2, 0) is 14.3 Å². The number of amides is 3. The zero-order valence-electron chi connectivity index (χ0n) is 25.1. The van der Waals surface area contributed by atoms with E-state index in [4.69, 9.17) is 9.47 Å². The Balaban J connectivity index is 1.51. The highest BCUT2D eigenvalue weighted by atomic mass is 16.6. The second-order valence-electron chi connectivity index (χ2n) is 12.3. The van der Waals surface area contributed by atoms with Crippen molar-refractivity contribution >= 4 is 17.9 Å². The lowest BCUT2D eigenvalue weighted by molar-refractivity contribution is -0.140. The Morgan fingerprint density at radius 1 is 0.927 bits per heavy atom. The molecular weight excluding hydrogens is 518 g/mol. The number of hydrogen-bond donors (Lipinski definition) is 1. The lowest BCUT2D eigenvalue weighted by Gasteiger charge is -2.36. The smallest absolute Gasteiger partial charge is 0.410 e. The van der Waals surface area contributed by atoms with Crippen LogP contribution in [0.25, 0.3) is 0 Å². The minimum Gasteiger partial charge on any atom is -0.457 e. The topological polar surface area (TPSA) is 88.2 Å². The number of hydrogen-bond acceptors (Lipinski definition) is 5. The van der Waals surface area contributed by atoms with Crippen LogP contribution in [0.1, 0.15) is 84.2 Å². The molecule has 1 aliphatic carbocycles. The fourth-order valence-corrected chi connectivity index (χ4v) is 5.76. The van der Waals surface area contributed by atoms with E-state index in [1.54, 1.807) is 34.7 Å². The van der Waals surface area contributed by atoms with Crippen molar-refractivity contribution in [1.82, 2.24) is 15.1 Å². The van der Waals surface area contributed by atoms with Gasteiger partial charge in [-0.1, -0.05) is 49.6 Å². The maximum Gasteiger partial charge on any atom is 0.410 e. The van der Waals surface area contributed by atoms with Gasteiger partial charge in [0.2, 0.25) is 11.8 Å². The maximum absolute atomic E-state index is 14.2. The Morgan fingerprint density at radius 3 is 2.29 bits per heavy atom. The van der Waals surface area contributed by atoms with Gasteiger partial charge in [0.15, 0.2) is 0 Å². The molecule has 41 heavy (non-hydrogen) atoms. The molecule has 2 aromatic rings. The van der Waals surface area contributed by atoms with Crippen molar-refractivity contribution in [1.29, 1.82) is 0 Å². The molecule has 1 N–H and O–H groups in total. The number of para-hydroxylation sites is 1. The monoisotopic (exact) mass is 563 g/mol. The highest BCUT2D eigenvalue weighted by molar-refractivity contribution is 5.91. The van der Waals surface area contributed by atoms with Crippen LogP contribution in [-0.4, -0.2) is 59.0 Å². The van der Waals surface area contributed by atoms with Gasteiger partial charge in [-0.25, -0.2) is 4.79 Å². The number of carbonyl (C=O) groups is 3. The molecule has 8 nitrogen and oxygen atoms in total. The average molecular weight is 564 g/mol. The van der Waals surface area contributed by atoms with Crippen molar-refractivity contribution in [2.75, 3.05) is 13.6 Å². The van der Waals surface area contributed by atoms with Crippen molar-refractivity contribution in [2.24, 2.45) is 5.92 Å². The molecule has 8 heteroatoms. The normalized spacial score (nSPS) is 19.2. The fourth-order valence-electron chi connectivity index (χ4n) is 5.76. The average Bonchev–Trinajstić information content (AvgIpc) is 3.45. The Hall–Kier alpha value is -3.55. The molecule has 1 unspecified atom stereocenters. The van der Waals surface area contributed by atoms with Gasteiger partial charge in [-0.05, 0) is 89.1 Å². The van der Waals surface area contributed by atoms with Gasteiger partial charge >= 0.3 is 6.09 Å². The summed E-state index contributed by atoms with van der Waals surface area (Å²) in [5, 5.41) is 3.07. The van der Waals surface area contributed by atoms with E-state index in [1.165, 1.54) is 4.90 Å². The number of nitrogens with one attached hydrogen (secondary N) is 1. The van der Waals surface area contributed by atoms with Crippen LogP contribution in [0, 0.1) is 5.92 Å². The van der Waals surface area contributed by atoms with Crippen LogP contribution in [0.4, 0.5) is 4.79 Å². The Morgan fingerprint density at radius 2 is 1.61 bits per heavy atom. The molecule has 222 valence electrons. The number of likely N-dealkylation sites (N-methyl/N-ethyl adjacent to an activating group) is 1. The summed E-state index contributed by atoms with van der Waals surface area (Å²) in [6.07, 6.45) is 6.19. The molecule has 1 heterocycles. The molecule has 2 aromatic carbocycles. The third kappa shape index (κ3) is 8.02. The molecule has 3 amide bonds. The zero-order valence-corrected chi connectivity index (χ0v) is 25.1. The van der Waals surface area contributed by atoms with Crippen LogP contribution in [0.5, 0.6) is 11.5 Å². The van der Waals surface area contributed by atoms with E-state index in [9.17, 15) is 14.4 Å². The summed E-state index contributed by atoms with van der Waals surface area (Å²) in [7, 11) is 1.55. The van der Waals surface area contributed by atoms with Crippen LogP contribution in [0.15, 0.2) is 54.6 Å². The van der Waals surface area contributed by atoms with Gasteiger partial charge in [-0.2, -0.15) is 0 Å². The van der Waals surface area contributed by atoms with Crippen molar-refractivity contribution in [2.45, 2.75) is 96.4 Å². The molecular formula is C33H45N3O5. The van der Waals surface area contributed by atoms with Gasteiger partial charge in [0.05, 0.1) is 6.04 Å². The molecule has 1 saturated heterocycles. The number of rotatable bonds is 8. The Labute approximate surface area is 244 Å². The first kappa shape index (κ1) is 30.4. The lowest BCUT2D eigenvalue weighted by atomic mass is 9.83.